The van der Waals surface area contributed by atoms with Gasteiger partial charge in [-0.05, 0) is 61.7 Å². The summed E-state index contributed by atoms with van der Waals surface area (Å²) in [6.07, 6.45) is 0. The number of halogens is 2. The summed E-state index contributed by atoms with van der Waals surface area (Å²) in [5.74, 6) is -0.635. The normalized spacial score (nSPS) is 10.3. The van der Waals surface area contributed by atoms with E-state index < -0.39 is 18.5 Å². The van der Waals surface area contributed by atoms with E-state index in [1.54, 1.807) is 24.3 Å². The summed E-state index contributed by atoms with van der Waals surface area (Å²) < 4.78 is 10.2. The lowest BCUT2D eigenvalue weighted by atomic mass is 10.1. The second-order valence-electron chi connectivity index (χ2n) is 5.85. The van der Waals surface area contributed by atoms with Crippen LogP contribution in [0.5, 0.6) is 5.75 Å². The number of anilines is 1. The van der Waals surface area contributed by atoms with E-state index in [0.717, 1.165) is 16.7 Å². The second-order valence-corrected chi connectivity index (χ2v) is 6.66. The molecule has 26 heavy (non-hydrogen) atoms. The van der Waals surface area contributed by atoms with Crippen LogP contribution in [0, 0.1) is 20.8 Å². The van der Waals surface area contributed by atoms with Gasteiger partial charge in [0.2, 0.25) is 0 Å². The molecule has 2 aromatic carbocycles. The topological polar surface area (TPSA) is 64.6 Å². The maximum atomic E-state index is 12.0. The van der Waals surface area contributed by atoms with Crippen LogP contribution in [0.1, 0.15) is 16.7 Å². The summed E-state index contributed by atoms with van der Waals surface area (Å²) in [6.45, 7) is 4.84. The third-order valence-electron chi connectivity index (χ3n) is 3.55. The van der Waals surface area contributed by atoms with Gasteiger partial charge in [0, 0.05) is 5.02 Å². The molecule has 0 aliphatic rings. The van der Waals surface area contributed by atoms with Crippen molar-refractivity contribution < 1.29 is 19.1 Å². The van der Waals surface area contributed by atoms with Gasteiger partial charge in [0.1, 0.15) is 5.75 Å². The second kappa shape index (κ2) is 8.92. The minimum absolute atomic E-state index is 0.307. The van der Waals surface area contributed by atoms with Crippen molar-refractivity contribution in [2.45, 2.75) is 20.8 Å². The number of amides is 1. The molecule has 2 rings (SSSR count). The lowest BCUT2D eigenvalue weighted by Gasteiger charge is -2.12. The van der Waals surface area contributed by atoms with Crippen LogP contribution in [0.25, 0.3) is 0 Å². The van der Waals surface area contributed by atoms with Gasteiger partial charge < -0.3 is 14.8 Å². The lowest BCUT2D eigenvalue weighted by Crippen LogP contribution is -2.24. The van der Waals surface area contributed by atoms with E-state index in [2.05, 4.69) is 5.32 Å². The van der Waals surface area contributed by atoms with Gasteiger partial charge in [-0.3, -0.25) is 4.79 Å². The Kier molecular flexibility index (Phi) is 6.89. The van der Waals surface area contributed by atoms with Crippen LogP contribution in [-0.2, 0) is 14.3 Å². The minimum Gasteiger partial charge on any atom is -0.482 e. The van der Waals surface area contributed by atoms with Gasteiger partial charge in [0.15, 0.2) is 13.2 Å². The molecule has 1 amide bonds. The Morgan fingerprint density at radius 3 is 2.35 bits per heavy atom. The molecule has 0 aliphatic heterocycles. The molecule has 7 heteroatoms. The Hall–Kier alpha value is -2.24. The van der Waals surface area contributed by atoms with Crippen LogP contribution in [-0.4, -0.2) is 25.1 Å². The molecule has 0 aliphatic carbocycles. The highest BCUT2D eigenvalue weighted by Crippen LogP contribution is 2.27. The van der Waals surface area contributed by atoms with E-state index in [1.165, 1.54) is 0 Å². The Morgan fingerprint density at radius 2 is 1.69 bits per heavy atom. The number of ether oxygens (including phenoxy) is 2. The predicted molar refractivity (Wildman–Crippen MR) is 102 cm³/mol. The molecule has 1 N–H and O–H groups in total. The number of nitrogens with one attached hydrogen (secondary N) is 1. The highest BCUT2D eigenvalue weighted by atomic mass is 35.5. The molecular formula is C19H19Cl2NO4. The third-order valence-corrected chi connectivity index (χ3v) is 4.27. The Bertz CT molecular complexity index is 813. The molecule has 0 saturated heterocycles. The van der Waals surface area contributed by atoms with E-state index in [4.69, 9.17) is 32.7 Å². The molecule has 0 saturated carbocycles. The SMILES string of the molecule is Cc1cc(C)c(NC(=O)COC(=O)COc2ccc(Cl)c(C)c2)c(Cl)c1. The van der Waals surface area contributed by atoms with Crippen molar-refractivity contribution in [2.75, 3.05) is 18.5 Å². The molecule has 0 atom stereocenters. The zero-order chi connectivity index (χ0) is 19.3. The van der Waals surface area contributed by atoms with Crippen LogP contribution in [0.15, 0.2) is 30.3 Å². The standard InChI is InChI=1S/C19H19Cl2NO4/c1-11-6-13(3)19(16(21)7-11)22-17(23)9-26-18(24)10-25-14-4-5-15(20)12(2)8-14/h4-8H,9-10H2,1-3H3,(H,22,23). The number of hydrogen-bond donors (Lipinski definition) is 1. The van der Waals surface area contributed by atoms with Crippen LogP contribution in [0.2, 0.25) is 10.0 Å². The van der Waals surface area contributed by atoms with E-state index in [-0.39, 0.29) is 6.61 Å². The molecule has 5 nitrogen and oxygen atoms in total. The van der Waals surface area contributed by atoms with Crippen LogP contribution in [0.3, 0.4) is 0 Å². The Labute approximate surface area is 162 Å². The number of carbonyl (C=O) groups is 2. The monoisotopic (exact) mass is 395 g/mol. The molecule has 0 unspecified atom stereocenters. The van der Waals surface area contributed by atoms with Gasteiger partial charge in [0.05, 0.1) is 10.7 Å². The smallest absolute Gasteiger partial charge is 0.344 e. The van der Waals surface area contributed by atoms with Gasteiger partial charge in [-0.1, -0.05) is 29.3 Å². The number of carbonyl (C=O) groups excluding carboxylic acids is 2. The summed E-state index contributed by atoms with van der Waals surface area (Å²) in [7, 11) is 0. The van der Waals surface area contributed by atoms with Gasteiger partial charge in [-0.25, -0.2) is 4.79 Å². The van der Waals surface area contributed by atoms with E-state index >= 15 is 0 Å². The molecule has 138 valence electrons. The number of aryl methyl sites for hydroxylation is 3. The fourth-order valence-corrected chi connectivity index (χ4v) is 2.77. The fraction of sp³-hybridized carbons (Fsp3) is 0.263. The first-order valence-electron chi connectivity index (χ1n) is 7.87. The third kappa shape index (κ3) is 5.64. The zero-order valence-corrected chi connectivity index (χ0v) is 16.2. The number of rotatable bonds is 6. The minimum atomic E-state index is -0.653. The van der Waals surface area contributed by atoms with Crippen molar-refractivity contribution in [3.05, 3.63) is 57.1 Å². The quantitative estimate of drug-likeness (QED) is 0.732. The molecule has 0 heterocycles. The van der Waals surface area contributed by atoms with Crippen LogP contribution < -0.4 is 10.1 Å². The summed E-state index contributed by atoms with van der Waals surface area (Å²) in [4.78, 5) is 23.7. The highest BCUT2D eigenvalue weighted by molar-refractivity contribution is 6.34. The number of esters is 1. The van der Waals surface area contributed by atoms with Crippen molar-refractivity contribution in [3.8, 4) is 5.75 Å². The molecule has 2 aromatic rings. The Morgan fingerprint density at radius 1 is 0.962 bits per heavy atom. The lowest BCUT2D eigenvalue weighted by molar-refractivity contribution is -0.149. The first-order chi connectivity index (χ1) is 12.3. The molecular weight excluding hydrogens is 377 g/mol. The first-order valence-corrected chi connectivity index (χ1v) is 8.63. The van der Waals surface area contributed by atoms with Gasteiger partial charge in [-0.15, -0.1) is 0 Å². The highest BCUT2D eigenvalue weighted by Gasteiger charge is 2.12. The largest absolute Gasteiger partial charge is 0.482 e. The van der Waals surface area contributed by atoms with Gasteiger partial charge >= 0.3 is 5.97 Å². The van der Waals surface area contributed by atoms with Gasteiger partial charge in [-0.2, -0.15) is 0 Å². The van der Waals surface area contributed by atoms with Crippen molar-refractivity contribution in [3.63, 3.8) is 0 Å². The fourth-order valence-electron chi connectivity index (χ4n) is 2.29. The summed E-state index contributed by atoms with van der Waals surface area (Å²) in [5, 5.41) is 3.69. The van der Waals surface area contributed by atoms with E-state index in [0.29, 0.717) is 21.5 Å². The van der Waals surface area contributed by atoms with E-state index in [1.807, 2.05) is 26.8 Å². The average molecular weight is 396 g/mol. The summed E-state index contributed by atoms with van der Waals surface area (Å²) in [6, 6.07) is 8.69. The Balaban J connectivity index is 1.81. The van der Waals surface area contributed by atoms with Crippen LogP contribution in [0.4, 0.5) is 5.69 Å². The van der Waals surface area contributed by atoms with Crippen molar-refractivity contribution in [1.29, 1.82) is 0 Å². The molecule has 0 spiro atoms. The molecule has 0 radical (unpaired) electrons. The maximum absolute atomic E-state index is 12.0. The predicted octanol–water partition coefficient (Wildman–Crippen LogP) is 4.48. The average Bonchev–Trinajstić information content (AvgIpc) is 2.57. The number of benzene rings is 2. The van der Waals surface area contributed by atoms with E-state index in [9.17, 15) is 9.59 Å². The molecule has 0 fully saturated rings. The summed E-state index contributed by atoms with van der Waals surface area (Å²) in [5.41, 5.74) is 3.16. The van der Waals surface area contributed by atoms with Crippen molar-refractivity contribution in [1.82, 2.24) is 0 Å². The zero-order valence-electron chi connectivity index (χ0n) is 14.7. The molecule has 0 aromatic heterocycles. The molecule has 0 bridgehead atoms. The van der Waals surface area contributed by atoms with Gasteiger partial charge in [0.25, 0.3) is 5.91 Å². The van der Waals surface area contributed by atoms with Crippen LogP contribution >= 0.6 is 23.2 Å². The van der Waals surface area contributed by atoms with Crippen molar-refractivity contribution >= 4 is 40.8 Å². The first kappa shape index (κ1) is 20.1. The maximum Gasteiger partial charge on any atom is 0.344 e. The number of hydrogen-bond acceptors (Lipinski definition) is 4. The van der Waals surface area contributed by atoms with Crippen molar-refractivity contribution in [2.24, 2.45) is 0 Å². The summed E-state index contributed by atoms with van der Waals surface area (Å²) >= 11 is 12.1.